The van der Waals surface area contributed by atoms with Crippen LogP contribution in [-0.4, -0.2) is 71.2 Å². The summed E-state index contributed by atoms with van der Waals surface area (Å²) < 4.78 is 1.33. The molecular formula is C18H20N8O2. The summed E-state index contributed by atoms with van der Waals surface area (Å²) in [5.41, 5.74) is 2.55. The molecule has 0 radical (unpaired) electrons. The molecule has 0 unspecified atom stereocenters. The summed E-state index contributed by atoms with van der Waals surface area (Å²) in [5, 5.41) is 17.6. The molecule has 1 aliphatic rings. The maximum absolute atomic E-state index is 13.1. The van der Waals surface area contributed by atoms with Crippen LogP contribution in [0.25, 0.3) is 5.82 Å². The number of hydrogen-bond donors (Lipinski definition) is 1. The molecule has 1 saturated heterocycles. The highest BCUT2D eigenvalue weighted by Gasteiger charge is 2.36. The van der Waals surface area contributed by atoms with Gasteiger partial charge in [-0.2, -0.15) is 9.78 Å². The monoisotopic (exact) mass is 380 g/mol. The third kappa shape index (κ3) is 3.24. The van der Waals surface area contributed by atoms with Crippen molar-refractivity contribution in [3.05, 3.63) is 53.5 Å². The first-order valence-electron chi connectivity index (χ1n) is 8.96. The number of benzene rings is 1. The van der Waals surface area contributed by atoms with Crippen molar-refractivity contribution in [1.82, 2.24) is 40.2 Å². The lowest BCUT2D eigenvalue weighted by molar-refractivity contribution is -0.140. The Morgan fingerprint density at radius 3 is 2.93 bits per heavy atom. The number of aromatic amines is 1. The third-order valence-electron chi connectivity index (χ3n) is 4.89. The van der Waals surface area contributed by atoms with Crippen molar-refractivity contribution in [1.29, 1.82) is 0 Å². The van der Waals surface area contributed by atoms with Crippen LogP contribution in [0, 0.1) is 6.92 Å². The van der Waals surface area contributed by atoms with Crippen molar-refractivity contribution in [2.75, 3.05) is 13.1 Å². The first kappa shape index (κ1) is 17.8. The number of aryl methyl sites for hydroxylation is 1. The number of carbonyl (C=O) groups excluding carboxylic acids is 2. The van der Waals surface area contributed by atoms with E-state index in [9.17, 15) is 9.59 Å². The Morgan fingerprint density at radius 1 is 1.32 bits per heavy atom. The summed E-state index contributed by atoms with van der Waals surface area (Å²) in [6.45, 7) is 5.23. The lowest BCUT2D eigenvalue weighted by Gasteiger charge is -2.39. The van der Waals surface area contributed by atoms with E-state index in [1.165, 1.54) is 17.2 Å². The Kier molecular flexibility index (Phi) is 4.60. The van der Waals surface area contributed by atoms with E-state index < -0.39 is 6.04 Å². The molecule has 1 N–H and O–H groups in total. The van der Waals surface area contributed by atoms with Gasteiger partial charge in [0, 0.05) is 19.6 Å². The van der Waals surface area contributed by atoms with Gasteiger partial charge in [0.15, 0.2) is 5.82 Å². The minimum atomic E-state index is -0.567. The summed E-state index contributed by atoms with van der Waals surface area (Å²) in [7, 11) is 0. The van der Waals surface area contributed by atoms with Crippen molar-refractivity contribution in [2.45, 2.75) is 26.4 Å². The van der Waals surface area contributed by atoms with Gasteiger partial charge in [0.2, 0.25) is 5.91 Å². The number of amides is 2. The highest BCUT2D eigenvalue weighted by molar-refractivity contribution is 6.00. The molecule has 28 heavy (non-hydrogen) atoms. The molecule has 4 rings (SSSR count). The smallest absolute Gasteiger partial charge is 0.260 e. The molecule has 0 bridgehead atoms. The van der Waals surface area contributed by atoms with Gasteiger partial charge < -0.3 is 9.80 Å². The number of H-pyrrole nitrogens is 1. The van der Waals surface area contributed by atoms with Crippen LogP contribution in [0.2, 0.25) is 0 Å². The first-order valence-corrected chi connectivity index (χ1v) is 8.96. The minimum absolute atomic E-state index is 0.0754. The zero-order valence-corrected chi connectivity index (χ0v) is 15.6. The highest BCUT2D eigenvalue weighted by Crippen LogP contribution is 2.20. The zero-order chi connectivity index (χ0) is 19.7. The van der Waals surface area contributed by atoms with Crippen LogP contribution in [0.3, 0.4) is 0 Å². The molecule has 0 spiro atoms. The summed E-state index contributed by atoms with van der Waals surface area (Å²) in [5.74, 6) is 0.0146. The average molecular weight is 380 g/mol. The van der Waals surface area contributed by atoms with E-state index in [2.05, 4.69) is 31.8 Å². The van der Waals surface area contributed by atoms with Crippen LogP contribution in [0.1, 0.15) is 28.4 Å². The van der Waals surface area contributed by atoms with Gasteiger partial charge in [-0.3, -0.25) is 14.7 Å². The fourth-order valence-corrected chi connectivity index (χ4v) is 3.42. The van der Waals surface area contributed by atoms with Crippen molar-refractivity contribution < 1.29 is 9.59 Å². The second kappa shape index (κ2) is 7.22. The SMILES string of the molecule is Cc1cccc(CN2CCN(C(=O)c3cn[nH]c3-n3cnnn3)[C@H](C)C2=O)c1. The second-order valence-electron chi connectivity index (χ2n) is 6.81. The van der Waals surface area contributed by atoms with Crippen LogP contribution in [0.15, 0.2) is 36.8 Å². The largest absolute Gasteiger partial charge is 0.335 e. The normalized spacial score (nSPS) is 17.2. The highest BCUT2D eigenvalue weighted by atomic mass is 16.2. The topological polar surface area (TPSA) is 113 Å². The molecule has 2 amide bonds. The quantitative estimate of drug-likeness (QED) is 0.708. The Hall–Kier alpha value is -3.56. The summed E-state index contributed by atoms with van der Waals surface area (Å²) in [6, 6.07) is 7.52. The molecule has 2 aromatic heterocycles. The average Bonchev–Trinajstić information content (AvgIpc) is 3.36. The zero-order valence-electron chi connectivity index (χ0n) is 15.6. The molecule has 3 aromatic rings. The molecular weight excluding hydrogens is 360 g/mol. The lowest BCUT2D eigenvalue weighted by atomic mass is 10.1. The number of nitrogens with zero attached hydrogens (tertiary/aromatic N) is 7. The van der Waals surface area contributed by atoms with E-state index in [0.29, 0.717) is 31.0 Å². The molecule has 1 aromatic carbocycles. The molecule has 10 nitrogen and oxygen atoms in total. The Balaban J connectivity index is 1.50. The van der Waals surface area contributed by atoms with Crippen LogP contribution in [0.4, 0.5) is 0 Å². The van der Waals surface area contributed by atoms with E-state index in [0.717, 1.165) is 11.1 Å². The van der Waals surface area contributed by atoms with Crippen molar-refractivity contribution >= 4 is 11.8 Å². The third-order valence-corrected chi connectivity index (χ3v) is 4.89. The van der Waals surface area contributed by atoms with Gasteiger partial charge in [-0.15, -0.1) is 5.10 Å². The summed E-state index contributed by atoms with van der Waals surface area (Å²) in [4.78, 5) is 29.3. The minimum Gasteiger partial charge on any atom is -0.335 e. The van der Waals surface area contributed by atoms with E-state index >= 15 is 0 Å². The van der Waals surface area contributed by atoms with Crippen LogP contribution in [-0.2, 0) is 11.3 Å². The number of nitrogens with one attached hydrogen (secondary N) is 1. The number of tetrazole rings is 1. The molecule has 1 atom stereocenters. The summed E-state index contributed by atoms with van der Waals surface area (Å²) >= 11 is 0. The number of carbonyl (C=O) groups is 2. The van der Waals surface area contributed by atoms with E-state index in [-0.39, 0.29) is 11.8 Å². The number of aromatic nitrogens is 6. The fraction of sp³-hybridized carbons (Fsp3) is 0.333. The second-order valence-corrected chi connectivity index (χ2v) is 6.81. The van der Waals surface area contributed by atoms with Gasteiger partial charge in [-0.25, -0.2) is 0 Å². The molecule has 1 aliphatic heterocycles. The molecule has 144 valence electrons. The number of piperazine rings is 1. The maximum atomic E-state index is 13.1. The predicted molar refractivity (Wildman–Crippen MR) is 98.4 cm³/mol. The predicted octanol–water partition coefficient (Wildman–Crippen LogP) is 0.567. The molecule has 0 saturated carbocycles. The van der Waals surface area contributed by atoms with Gasteiger partial charge in [0.05, 0.1) is 6.20 Å². The molecule has 10 heteroatoms. The van der Waals surface area contributed by atoms with E-state index in [1.807, 2.05) is 25.1 Å². The van der Waals surface area contributed by atoms with Gasteiger partial charge in [-0.1, -0.05) is 29.8 Å². The van der Waals surface area contributed by atoms with Gasteiger partial charge in [0.1, 0.15) is 17.9 Å². The number of rotatable bonds is 4. The van der Waals surface area contributed by atoms with Crippen molar-refractivity contribution in [3.8, 4) is 5.82 Å². The number of hydrogen-bond acceptors (Lipinski definition) is 6. The van der Waals surface area contributed by atoms with Crippen LogP contribution >= 0.6 is 0 Å². The van der Waals surface area contributed by atoms with Crippen LogP contribution in [0.5, 0.6) is 0 Å². The van der Waals surface area contributed by atoms with Crippen molar-refractivity contribution in [2.24, 2.45) is 0 Å². The Bertz CT molecular complexity index is 997. The summed E-state index contributed by atoms with van der Waals surface area (Å²) in [6.07, 6.45) is 2.80. The first-order chi connectivity index (χ1) is 13.5. The standard InChI is InChI=1S/C18H20N8O2/c1-12-4-3-5-14(8-12)10-24-6-7-25(13(2)17(24)27)18(28)15-9-19-21-16(15)26-11-20-22-23-26/h3-5,8-9,11,13H,6-7,10H2,1-2H3,(H,19,21)/t13-/m1/s1. The Morgan fingerprint density at radius 2 is 2.18 bits per heavy atom. The molecule has 0 aliphatic carbocycles. The van der Waals surface area contributed by atoms with Crippen molar-refractivity contribution in [3.63, 3.8) is 0 Å². The molecule has 1 fully saturated rings. The van der Waals surface area contributed by atoms with E-state index in [4.69, 9.17) is 0 Å². The Labute approximate surface area is 161 Å². The fourth-order valence-electron chi connectivity index (χ4n) is 3.42. The maximum Gasteiger partial charge on any atom is 0.260 e. The van der Waals surface area contributed by atoms with Crippen LogP contribution < -0.4 is 0 Å². The van der Waals surface area contributed by atoms with Gasteiger partial charge >= 0.3 is 0 Å². The molecule has 3 heterocycles. The lowest BCUT2D eigenvalue weighted by Crippen LogP contribution is -2.57. The van der Waals surface area contributed by atoms with Gasteiger partial charge in [0.25, 0.3) is 5.91 Å². The van der Waals surface area contributed by atoms with E-state index in [1.54, 1.807) is 16.7 Å². The van der Waals surface area contributed by atoms with Gasteiger partial charge in [-0.05, 0) is 29.8 Å².